The molecule has 3 heteroatoms. The number of furan rings is 2. The van der Waals surface area contributed by atoms with E-state index in [1.807, 2.05) is 18.2 Å². The van der Waals surface area contributed by atoms with Gasteiger partial charge in [-0.2, -0.15) is 0 Å². The minimum atomic E-state index is -0.121. The maximum absolute atomic E-state index is 6.96. The Balaban J connectivity index is 0.975. The minimum absolute atomic E-state index is 0.121. The second-order valence-corrected chi connectivity index (χ2v) is 18.1. The van der Waals surface area contributed by atoms with Crippen LogP contribution >= 0.6 is 0 Å². The molecule has 0 aliphatic heterocycles. The first-order chi connectivity index (χ1) is 32.5. The molecule has 1 aliphatic carbocycles. The highest BCUT2D eigenvalue weighted by Crippen LogP contribution is 2.51. The van der Waals surface area contributed by atoms with Gasteiger partial charge in [-0.3, -0.25) is 0 Å². The molecule has 2 aromatic heterocycles. The third kappa shape index (κ3) is 6.04. The maximum Gasteiger partial charge on any atom is 0.143 e. The molecule has 0 saturated carbocycles. The molecule has 12 aromatic rings. The zero-order valence-corrected chi connectivity index (χ0v) is 36.6. The average molecular weight is 846 g/mol. The van der Waals surface area contributed by atoms with Gasteiger partial charge in [-0.15, -0.1) is 0 Å². The van der Waals surface area contributed by atoms with Crippen LogP contribution in [-0.2, 0) is 5.41 Å². The Kier molecular flexibility index (Phi) is 8.56. The summed E-state index contributed by atoms with van der Waals surface area (Å²) in [6.07, 6.45) is 0. The summed E-state index contributed by atoms with van der Waals surface area (Å²) in [4.78, 5) is 2.34. The van der Waals surface area contributed by atoms with Gasteiger partial charge in [0.2, 0.25) is 0 Å². The van der Waals surface area contributed by atoms with Crippen LogP contribution in [0.4, 0.5) is 17.1 Å². The molecular formula is C63H43NO2. The van der Waals surface area contributed by atoms with Crippen molar-refractivity contribution in [3.63, 3.8) is 0 Å². The van der Waals surface area contributed by atoms with E-state index in [-0.39, 0.29) is 5.41 Å². The van der Waals surface area contributed by atoms with E-state index in [0.717, 1.165) is 77.6 Å². The summed E-state index contributed by atoms with van der Waals surface area (Å²) in [5.41, 5.74) is 21.1. The van der Waals surface area contributed by atoms with Gasteiger partial charge >= 0.3 is 0 Å². The molecule has 3 nitrogen and oxygen atoms in total. The normalized spacial score (nSPS) is 12.8. The number of para-hydroxylation sites is 1. The van der Waals surface area contributed by atoms with Crippen LogP contribution in [0.5, 0.6) is 0 Å². The number of benzene rings is 10. The Bertz CT molecular complexity index is 3720. The van der Waals surface area contributed by atoms with Crippen molar-refractivity contribution in [3.8, 4) is 55.6 Å². The van der Waals surface area contributed by atoms with Crippen molar-refractivity contribution in [3.05, 3.63) is 236 Å². The summed E-state index contributed by atoms with van der Waals surface area (Å²) in [6.45, 7) is 4.70. The van der Waals surface area contributed by atoms with Crippen molar-refractivity contribution in [1.82, 2.24) is 0 Å². The SMILES string of the molecule is CC1(C)c2ccccc2-c2ccc(-c3cc(-c4ccc(N(c5ccc(-c6ccccc6)cc5)c5ccc(-c6ccccc6)cc5)cc4)c4oc5ccc6oc7ccccc7c6c5c4c3)cc21. The van der Waals surface area contributed by atoms with Crippen LogP contribution in [0.25, 0.3) is 99.5 Å². The first kappa shape index (κ1) is 38.1. The molecule has 0 spiro atoms. The zero-order chi connectivity index (χ0) is 43.9. The molecule has 312 valence electrons. The van der Waals surface area contributed by atoms with Gasteiger partial charge in [0.1, 0.15) is 22.3 Å². The predicted molar refractivity (Wildman–Crippen MR) is 275 cm³/mol. The molecule has 0 radical (unpaired) electrons. The fourth-order valence-electron chi connectivity index (χ4n) is 10.6. The lowest BCUT2D eigenvalue weighted by Crippen LogP contribution is -2.14. The number of hydrogen-bond donors (Lipinski definition) is 0. The molecule has 0 atom stereocenters. The van der Waals surface area contributed by atoms with Crippen molar-refractivity contribution in [2.75, 3.05) is 4.90 Å². The summed E-state index contributed by atoms with van der Waals surface area (Å²) >= 11 is 0. The molecule has 0 amide bonds. The Morgan fingerprint density at radius 3 is 1.47 bits per heavy atom. The monoisotopic (exact) mass is 845 g/mol. The van der Waals surface area contributed by atoms with Crippen molar-refractivity contribution in [1.29, 1.82) is 0 Å². The van der Waals surface area contributed by atoms with Crippen LogP contribution in [0, 0.1) is 0 Å². The minimum Gasteiger partial charge on any atom is -0.456 e. The number of rotatable bonds is 7. The molecule has 0 saturated heterocycles. The molecule has 0 N–H and O–H groups in total. The summed E-state index contributed by atoms with van der Waals surface area (Å²) in [6, 6.07) is 80.8. The fourth-order valence-corrected chi connectivity index (χ4v) is 10.6. The van der Waals surface area contributed by atoms with Gasteiger partial charge in [0, 0.05) is 49.6 Å². The number of hydrogen-bond acceptors (Lipinski definition) is 3. The van der Waals surface area contributed by atoms with Crippen molar-refractivity contribution >= 4 is 60.9 Å². The average Bonchev–Trinajstić information content (AvgIpc) is 4.02. The van der Waals surface area contributed by atoms with E-state index in [9.17, 15) is 0 Å². The lowest BCUT2D eigenvalue weighted by atomic mass is 9.81. The van der Waals surface area contributed by atoms with Crippen LogP contribution in [0.3, 0.4) is 0 Å². The molecule has 0 bridgehead atoms. The van der Waals surface area contributed by atoms with E-state index < -0.39 is 0 Å². The summed E-state index contributed by atoms with van der Waals surface area (Å²) in [5, 5.41) is 4.31. The van der Waals surface area contributed by atoms with Crippen molar-refractivity contribution in [2.24, 2.45) is 0 Å². The van der Waals surface area contributed by atoms with Gasteiger partial charge < -0.3 is 13.7 Å². The molecule has 0 unspecified atom stereocenters. The van der Waals surface area contributed by atoms with Gasteiger partial charge in [-0.05, 0) is 134 Å². The molecule has 13 rings (SSSR count). The third-order valence-corrected chi connectivity index (χ3v) is 13.9. The second kappa shape index (κ2) is 14.8. The second-order valence-electron chi connectivity index (χ2n) is 18.1. The van der Waals surface area contributed by atoms with Crippen LogP contribution in [-0.4, -0.2) is 0 Å². The van der Waals surface area contributed by atoms with E-state index in [4.69, 9.17) is 8.83 Å². The third-order valence-electron chi connectivity index (χ3n) is 13.9. The van der Waals surface area contributed by atoms with Gasteiger partial charge in [0.25, 0.3) is 0 Å². The smallest absolute Gasteiger partial charge is 0.143 e. The molecule has 66 heavy (non-hydrogen) atoms. The molecule has 10 aromatic carbocycles. The van der Waals surface area contributed by atoms with E-state index >= 15 is 0 Å². The Labute approximate surface area is 383 Å². The quantitative estimate of drug-likeness (QED) is 0.160. The highest BCUT2D eigenvalue weighted by Gasteiger charge is 2.35. The van der Waals surface area contributed by atoms with Crippen LogP contribution in [0.1, 0.15) is 25.0 Å². The summed E-state index contributed by atoms with van der Waals surface area (Å²) < 4.78 is 13.4. The Morgan fingerprint density at radius 1 is 0.318 bits per heavy atom. The molecular weight excluding hydrogens is 803 g/mol. The largest absolute Gasteiger partial charge is 0.456 e. The van der Waals surface area contributed by atoms with E-state index in [2.05, 4.69) is 225 Å². The maximum atomic E-state index is 6.96. The summed E-state index contributed by atoms with van der Waals surface area (Å²) in [5.74, 6) is 0. The molecule has 2 heterocycles. The lowest BCUT2D eigenvalue weighted by Gasteiger charge is -2.26. The van der Waals surface area contributed by atoms with E-state index in [1.54, 1.807) is 0 Å². The van der Waals surface area contributed by atoms with Crippen LogP contribution < -0.4 is 4.90 Å². The van der Waals surface area contributed by atoms with Gasteiger partial charge in [0.15, 0.2) is 0 Å². The van der Waals surface area contributed by atoms with Gasteiger partial charge in [0.05, 0.1) is 0 Å². The lowest BCUT2D eigenvalue weighted by molar-refractivity contribution is 0.660. The van der Waals surface area contributed by atoms with Crippen molar-refractivity contribution in [2.45, 2.75) is 19.3 Å². The highest BCUT2D eigenvalue weighted by molar-refractivity contribution is 6.27. The molecule has 0 fully saturated rings. The Morgan fingerprint density at radius 2 is 0.818 bits per heavy atom. The standard InChI is InChI=1S/C63H43NO2/c1-63(2)55-19-11-9-17-50(55)51-34-27-45(39-56(51)63)46-37-53(62-54(38-46)61-59(66-62)36-35-58-60(61)52-18-10-12-20-57(52)65-58)44-25-32-49(33-26-44)64(47-28-21-42(22-29-47)40-13-5-3-6-14-40)48-30-23-43(24-31-48)41-15-7-4-8-16-41/h3-39H,1-2H3. The van der Waals surface area contributed by atoms with Crippen LogP contribution in [0.15, 0.2) is 233 Å². The fraction of sp³-hybridized carbons (Fsp3) is 0.0476. The zero-order valence-electron chi connectivity index (χ0n) is 36.6. The summed E-state index contributed by atoms with van der Waals surface area (Å²) in [7, 11) is 0. The highest BCUT2D eigenvalue weighted by atomic mass is 16.3. The first-order valence-electron chi connectivity index (χ1n) is 22.7. The van der Waals surface area contributed by atoms with Gasteiger partial charge in [-0.25, -0.2) is 0 Å². The number of fused-ring (bicyclic) bond motifs is 10. The van der Waals surface area contributed by atoms with E-state index in [1.165, 1.54) is 50.1 Å². The topological polar surface area (TPSA) is 29.5 Å². The number of nitrogens with zero attached hydrogens (tertiary/aromatic N) is 1. The Hall–Kier alpha value is -8.40. The molecule has 1 aliphatic rings. The number of anilines is 3. The predicted octanol–water partition coefficient (Wildman–Crippen LogP) is 17.9. The van der Waals surface area contributed by atoms with Crippen LogP contribution in [0.2, 0.25) is 0 Å². The van der Waals surface area contributed by atoms with Gasteiger partial charge in [-0.1, -0.05) is 166 Å². The van der Waals surface area contributed by atoms with E-state index in [0.29, 0.717) is 0 Å². The first-order valence-corrected chi connectivity index (χ1v) is 22.7. The van der Waals surface area contributed by atoms with Crippen molar-refractivity contribution < 1.29 is 8.83 Å².